The number of halogens is 4. The maximum absolute atomic E-state index is 13.6. The van der Waals surface area contributed by atoms with Crippen molar-refractivity contribution in [2.45, 2.75) is 6.43 Å². The van der Waals surface area contributed by atoms with Gasteiger partial charge in [-0.25, -0.2) is 18.2 Å². The van der Waals surface area contributed by atoms with E-state index in [2.05, 4.69) is 26.2 Å². The third-order valence-electron chi connectivity index (χ3n) is 2.37. The normalized spacial score (nSPS) is 11.2. The van der Waals surface area contributed by atoms with E-state index in [1.54, 1.807) is 7.05 Å². The Morgan fingerprint density at radius 2 is 2.06 bits per heavy atom. The number of anilines is 1. The van der Waals surface area contributed by atoms with Crippen molar-refractivity contribution in [3.05, 3.63) is 34.2 Å². The number of aromatic nitrogens is 1. The van der Waals surface area contributed by atoms with Gasteiger partial charge in [-0.1, -0.05) is 15.9 Å². The molecule has 0 aliphatic rings. The molecule has 0 bridgehead atoms. The molecule has 2 aromatic rings. The van der Waals surface area contributed by atoms with Crippen LogP contribution in [0.1, 0.15) is 12.1 Å². The first-order valence-electron chi connectivity index (χ1n) is 4.79. The minimum absolute atomic E-state index is 0.0680. The second-order valence-corrected chi connectivity index (χ2v) is 4.25. The number of nitrogens with one attached hydrogen (secondary N) is 1. The zero-order valence-electron chi connectivity index (χ0n) is 8.77. The molecule has 0 aliphatic heterocycles. The highest BCUT2D eigenvalue weighted by Crippen LogP contribution is 2.33. The Morgan fingerprint density at radius 1 is 1.35 bits per heavy atom. The molecule has 0 saturated heterocycles. The fourth-order valence-corrected chi connectivity index (χ4v) is 2.13. The maximum atomic E-state index is 13.6. The summed E-state index contributed by atoms with van der Waals surface area (Å²) in [6.45, 7) is 0. The molecule has 0 radical (unpaired) electrons. The Hall–Kier alpha value is -1.30. The SMILES string of the molecule is CNc1cc(C(F)F)nc2c(F)ccc(Br)c12. The van der Waals surface area contributed by atoms with Crippen LogP contribution < -0.4 is 5.32 Å². The summed E-state index contributed by atoms with van der Waals surface area (Å²) >= 11 is 3.25. The lowest BCUT2D eigenvalue weighted by atomic mass is 10.1. The summed E-state index contributed by atoms with van der Waals surface area (Å²) < 4.78 is 39.4. The maximum Gasteiger partial charge on any atom is 0.280 e. The van der Waals surface area contributed by atoms with Gasteiger partial charge in [-0.3, -0.25) is 0 Å². The van der Waals surface area contributed by atoms with Crippen LogP contribution in [-0.2, 0) is 0 Å². The second kappa shape index (κ2) is 4.52. The minimum atomic E-state index is -2.73. The topological polar surface area (TPSA) is 24.9 Å². The third kappa shape index (κ3) is 2.09. The zero-order chi connectivity index (χ0) is 12.6. The number of fused-ring (bicyclic) bond motifs is 1. The Bertz CT molecular complexity index is 572. The molecule has 90 valence electrons. The molecule has 0 spiro atoms. The lowest BCUT2D eigenvalue weighted by molar-refractivity contribution is 0.146. The molecule has 1 N–H and O–H groups in total. The van der Waals surface area contributed by atoms with Crippen LogP contribution >= 0.6 is 15.9 Å². The van der Waals surface area contributed by atoms with Gasteiger partial charge in [0.15, 0.2) is 0 Å². The fraction of sp³-hybridized carbons (Fsp3) is 0.182. The summed E-state index contributed by atoms with van der Waals surface area (Å²) in [5.41, 5.74) is -0.1000. The van der Waals surface area contributed by atoms with Gasteiger partial charge in [0, 0.05) is 22.6 Å². The third-order valence-corrected chi connectivity index (χ3v) is 3.03. The number of alkyl halides is 2. The smallest absolute Gasteiger partial charge is 0.280 e. The van der Waals surface area contributed by atoms with Crippen molar-refractivity contribution in [2.24, 2.45) is 0 Å². The minimum Gasteiger partial charge on any atom is -0.387 e. The van der Waals surface area contributed by atoms with Crippen molar-refractivity contribution in [1.29, 1.82) is 0 Å². The predicted octanol–water partition coefficient (Wildman–Crippen LogP) is 4.12. The molecule has 1 heterocycles. The van der Waals surface area contributed by atoms with Crippen LogP contribution in [0.5, 0.6) is 0 Å². The largest absolute Gasteiger partial charge is 0.387 e. The van der Waals surface area contributed by atoms with Gasteiger partial charge in [-0.2, -0.15) is 0 Å². The molecular formula is C11H8BrF3N2. The van der Waals surface area contributed by atoms with E-state index >= 15 is 0 Å². The van der Waals surface area contributed by atoms with E-state index in [4.69, 9.17) is 0 Å². The summed E-state index contributed by atoms with van der Waals surface area (Å²) in [6.07, 6.45) is -2.73. The highest BCUT2D eigenvalue weighted by Gasteiger charge is 2.16. The zero-order valence-corrected chi connectivity index (χ0v) is 10.4. The van der Waals surface area contributed by atoms with Gasteiger partial charge in [0.25, 0.3) is 6.43 Å². The fourth-order valence-electron chi connectivity index (χ4n) is 1.60. The summed E-state index contributed by atoms with van der Waals surface area (Å²) in [7, 11) is 1.58. The van der Waals surface area contributed by atoms with Crippen LogP contribution in [0.2, 0.25) is 0 Å². The van der Waals surface area contributed by atoms with Crippen LogP contribution in [0.15, 0.2) is 22.7 Å². The molecule has 0 fully saturated rings. The summed E-state index contributed by atoms with van der Waals surface area (Å²) in [6, 6.07) is 3.92. The first-order valence-corrected chi connectivity index (χ1v) is 5.58. The molecule has 2 rings (SSSR count). The predicted molar refractivity (Wildman–Crippen MR) is 63.9 cm³/mol. The molecule has 0 aliphatic carbocycles. The van der Waals surface area contributed by atoms with E-state index in [1.165, 1.54) is 18.2 Å². The van der Waals surface area contributed by atoms with E-state index in [1.807, 2.05) is 0 Å². The van der Waals surface area contributed by atoms with Gasteiger partial charge in [-0.05, 0) is 18.2 Å². The highest BCUT2D eigenvalue weighted by molar-refractivity contribution is 9.10. The molecule has 17 heavy (non-hydrogen) atoms. The number of rotatable bonds is 2. The Balaban J connectivity index is 2.87. The van der Waals surface area contributed by atoms with Gasteiger partial charge < -0.3 is 5.32 Å². The summed E-state index contributed by atoms with van der Waals surface area (Å²) in [5, 5.41) is 3.22. The monoisotopic (exact) mass is 304 g/mol. The first-order chi connectivity index (χ1) is 8.04. The number of pyridine rings is 1. The van der Waals surface area contributed by atoms with Crippen molar-refractivity contribution in [3.8, 4) is 0 Å². The van der Waals surface area contributed by atoms with Crippen LogP contribution in [0, 0.1) is 5.82 Å². The van der Waals surface area contributed by atoms with Crippen molar-refractivity contribution >= 4 is 32.5 Å². The molecule has 0 amide bonds. The quantitative estimate of drug-likeness (QED) is 0.903. The van der Waals surface area contributed by atoms with Gasteiger partial charge >= 0.3 is 0 Å². The van der Waals surface area contributed by atoms with Crippen LogP contribution in [0.4, 0.5) is 18.9 Å². The second-order valence-electron chi connectivity index (χ2n) is 3.40. The average molecular weight is 305 g/mol. The first kappa shape index (κ1) is 12.2. The lowest BCUT2D eigenvalue weighted by Gasteiger charge is -2.10. The van der Waals surface area contributed by atoms with E-state index in [-0.39, 0.29) is 5.52 Å². The standard InChI is InChI=1S/C11H8BrF3N2/c1-16-7-4-8(11(14)15)17-10-6(13)3-2-5(12)9(7)10/h2-4,11H,1H3,(H,16,17). The molecule has 0 atom stereocenters. The van der Waals surface area contributed by atoms with Crippen LogP contribution in [-0.4, -0.2) is 12.0 Å². The highest BCUT2D eigenvalue weighted by atomic mass is 79.9. The number of hydrogen-bond acceptors (Lipinski definition) is 2. The van der Waals surface area contributed by atoms with Crippen molar-refractivity contribution in [3.63, 3.8) is 0 Å². The van der Waals surface area contributed by atoms with E-state index in [0.717, 1.165) is 0 Å². The van der Waals surface area contributed by atoms with Crippen molar-refractivity contribution in [2.75, 3.05) is 12.4 Å². The Kier molecular flexibility index (Phi) is 3.24. The lowest BCUT2D eigenvalue weighted by Crippen LogP contribution is -1.99. The summed E-state index contributed by atoms with van der Waals surface area (Å²) in [4.78, 5) is 3.65. The molecule has 0 unspecified atom stereocenters. The number of nitrogens with zero attached hydrogens (tertiary/aromatic N) is 1. The summed E-state index contributed by atoms with van der Waals surface area (Å²) in [5.74, 6) is -0.623. The molecule has 2 nitrogen and oxygen atoms in total. The average Bonchev–Trinajstić information content (AvgIpc) is 2.32. The van der Waals surface area contributed by atoms with E-state index in [9.17, 15) is 13.2 Å². The molecule has 1 aromatic heterocycles. The van der Waals surface area contributed by atoms with Gasteiger partial charge in [0.2, 0.25) is 0 Å². The molecule has 0 saturated carbocycles. The van der Waals surface area contributed by atoms with Gasteiger partial charge in [0.1, 0.15) is 17.0 Å². The Morgan fingerprint density at radius 3 is 2.65 bits per heavy atom. The van der Waals surface area contributed by atoms with E-state index < -0.39 is 17.9 Å². The Labute approximate surface area is 104 Å². The number of benzene rings is 1. The molecular weight excluding hydrogens is 297 g/mol. The number of hydrogen-bond donors (Lipinski definition) is 1. The van der Waals surface area contributed by atoms with Crippen molar-refractivity contribution < 1.29 is 13.2 Å². The van der Waals surface area contributed by atoms with Crippen LogP contribution in [0.3, 0.4) is 0 Å². The van der Waals surface area contributed by atoms with Gasteiger partial charge in [-0.15, -0.1) is 0 Å². The van der Waals surface area contributed by atoms with Crippen LogP contribution in [0.25, 0.3) is 10.9 Å². The van der Waals surface area contributed by atoms with Gasteiger partial charge in [0.05, 0.1) is 0 Å². The van der Waals surface area contributed by atoms with E-state index in [0.29, 0.717) is 15.5 Å². The van der Waals surface area contributed by atoms with Crippen molar-refractivity contribution in [1.82, 2.24) is 4.98 Å². The molecule has 1 aromatic carbocycles. The molecule has 6 heteroatoms.